The molecule has 24 heavy (non-hydrogen) atoms. The van der Waals surface area contributed by atoms with Gasteiger partial charge >= 0.3 is 0 Å². The summed E-state index contributed by atoms with van der Waals surface area (Å²) in [6, 6.07) is 17.8. The van der Waals surface area contributed by atoms with Crippen molar-refractivity contribution in [3.05, 3.63) is 59.7 Å². The van der Waals surface area contributed by atoms with Crippen LogP contribution in [-0.2, 0) is 0 Å². The summed E-state index contributed by atoms with van der Waals surface area (Å²) in [5.41, 5.74) is 4.06. The molecule has 0 aliphatic carbocycles. The lowest BCUT2D eigenvalue weighted by Crippen LogP contribution is -2.37. The average molecular weight is 324 g/mol. The van der Waals surface area contributed by atoms with Crippen LogP contribution in [0.5, 0.6) is 5.75 Å². The second-order valence-electron chi connectivity index (χ2n) is 7.47. The van der Waals surface area contributed by atoms with Gasteiger partial charge in [0.25, 0.3) is 0 Å². The molecule has 0 spiro atoms. The monoisotopic (exact) mass is 324 g/mol. The van der Waals surface area contributed by atoms with Gasteiger partial charge in [0.15, 0.2) is 0 Å². The molecule has 0 unspecified atom stereocenters. The van der Waals surface area contributed by atoms with Crippen LogP contribution in [0.25, 0.3) is 0 Å². The molecule has 2 aromatic rings. The summed E-state index contributed by atoms with van der Waals surface area (Å²) < 4.78 is 5.27. The number of methoxy groups -OCH3 is 1. The Morgan fingerprint density at radius 1 is 0.958 bits per heavy atom. The Labute approximate surface area is 145 Å². The number of hydrogen-bond donors (Lipinski definition) is 1. The summed E-state index contributed by atoms with van der Waals surface area (Å²) >= 11 is 0. The third kappa shape index (κ3) is 3.27. The fraction of sp³-hybridized carbons (Fsp3) is 0.429. The van der Waals surface area contributed by atoms with E-state index in [9.17, 15) is 0 Å². The Kier molecular flexibility index (Phi) is 4.55. The van der Waals surface area contributed by atoms with Crippen LogP contribution < -0.4 is 15.0 Å². The minimum absolute atomic E-state index is 0.0736. The molecule has 3 rings (SSSR count). The predicted molar refractivity (Wildman–Crippen MR) is 101 cm³/mol. The number of ether oxygens (including phenoxy) is 1. The largest absolute Gasteiger partial charge is 0.497 e. The molecule has 3 heteroatoms. The molecule has 2 atom stereocenters. The third-order valence-electron chi connectivity index (χ3n) is 5.22. The van der Waals surface area contributed by atoms with Crippen LogP contribution in [0.4, 0.5) is 5.69 Å². The maximum Gasteiger partial charge on any atom is 0.118 e. The standard InChI is InChI=1S/C21H28N2O/c1-21(2)19(15-6-10-17(11-7-15)23(3)4)14-20(22-21)16-8-12-18(24-5)13-9-16/h6-13,19-20,22H,14H2,1-5H3/t19-,20+/m0/s1. The molecule has 128 valence electrons. The van der Waals surface area contributed by atoms with Crippen molar-refractivity contribution < 1.29 is 4.74 Å². The Bertz CT molecular complexity index is 674. The van der Waals surface area contributed by atoms with Crippen LogP contribution >= 0.6 is 0 Å². The Morgan fingerprint density at radius 3 is 2.08 bits per heavy atom. The van der Waals surface area contributed by atoms with Crippen LogP contribution in [-0.4, -0.2) is 26.7 Å². The first-order chi connectivity index (χ1) is 11.4. The van der Waals surface area contributed by atoms with Crippen molar-refractivity contribution in [1.82, 2.24) is 5.32 Å². The smallest absolute Gasteiger partial charge is 0.118 e. The van der Waals surface area contributed by atoms with E-state index in [2.05, 4.69) is 74.6 Å². The quantitative estimate of drug-likeness (QED) is 0.904. The molecule has 0 radical (unpaired) electrons. The number of anilines is 1. The number of rotatable bonds is 4. The van der Waals surface area contributed by atoms with E-state index in [1.165, 1.54) is 16.8 Å². The van der Waals surface area contributed by atoms with E-state index < -0.39 is 0 Å². The van der Waals surface area contributed by atoms with Crippen LogP contribution in [0.15, 0.2) is 48.5 Å². The lowest BCUT2D eigenvalue weighted by molar-refractivity contribution is 0.397. The van der Waals surface area contributed by atoms with Crippen LogP contribution in [0, 0.1) is 0 Å². The van der Waals surface area contributed by atoms with Crippen molar-refractivity contribution in [2.45, 2.75) is 37.8 Å². The molecule has 0 amide bonds. The molecule has 1 N–H and O–H groups in total. The van der Waals surface area contributed by atoms with E-state index in [4.69, 9.17) is 4.74 Å². The van der Waals surface area contributed by atoms with Gasteiger partial charge in [-0.15, -0.1) is 0 Å². The van der Waals surface area contributed by atoms with E-state index in [1.54, 1.807) is 7.11 Å². The van der Waals surface area contributed by atoms with Crippen molar-refractivity contribution in [3.8, 4) is 5.75 Å². The molecular weight excluding hydrogens is 296 g/mol. The molecule has 0 bridgehead atoms. The van der Waals surface area contributed by atoms with Gasteiger partial charge in [-0.3, -0.25) is 0 Å². The summed E-state index contributed by atoms with van der Waals surface area (Å²) in [5.74, 6) is 1.41. The van der Waals surface area contributed by atoms with Crippen molar-refractivity contribution in [3.63, 3.8) is 0 Å². The molecule has 3 nitrogen and oxygen atoms in total. The van der Waals surface area contributed by atoms with Crippen molar-refractivity contribution in [2.75, 3.05) is 26.1 Å². The molecule has 0 saturated carbocycles. The van der Waals surface area contributed by atoms with Gasteiger partial charge in [-0.25, -0.2) is 0 Å². The second kappa shape index (κ2) is 6.48. The first-order valence-electron chi connectivity index (χ1n) is 8.59. The molecular formula is C21H28N2O. The van der Waals surface area contributed by atoms with E-state index in [0.717, 1.165) is 12.2 Å². The molecule has 2 aromatic carbocycles. The van der Waals surface area contributed by atoms with Gasteiger partial charge < -0.3 is 15.0 Å². The van der Waals surface area contributed by atoms with Gasteiger partial charge in [-0.2, -0.15) is 0 Å². The van der Waals surface area contributed by atoms with E-state index in [1.807, 2.05) is 12.1 Å². The number of nitrogens with zero attached hydrogens (tertiary/aromatic N) is 1. The third-order valence-corrected chi connectivity index (χ3v) is 5.22. The van der Waals surface area contributed by atoms with E-state index in [-0.39, 0.29) is 5.54 Å². The Hall–Kier alpha value is -2.00. The SMILES string of the molecule is COc1ccc([C@H]2C[C@@H](c3ccc(N(C)C)cc3)C(C)(C)N2)cc1. The predicted octanol–water partition coefficient (Wildman–Crippen LogP) is 4.36. The highest BCUT2D eigenvalue weighted by molar-refractivity contribution is 5.47. The summed E-state index contributed by atoms with van der Waals surface area (Å²) in [6.45, 7) is 4.61. The Morgan fingerprint density at radius 2 is 1.54 bits per heavy atom. The van der Waals surface area contributed by atoms with Gasteiger partial charge in [0.05, 0.1) is 7.11 Å². The van der Waals surface area contributed by atoms with Crippen molar-refractivity contribution in [1.29, 1.82) is 0 Å². The summed E-state index contributed by atoms with van der Waals surface area (Å²) in [6.07, 6.45) is 1.11. The molecule has 1 aliphatic heterocycles. The maximum absolute atomic E-state index is 5.27. The highest BCUT2D eigenvalue weighted by atomic mass is 16.5. The van der Waals surface area contributed by atoms with Gasteiger partial charge in [-0.05, 0) is 55.7 Å². The first kappa shape index (κ1) is 16.8. The summed E-state index contributed by atoms with van der Waals surface area (Å²) in [5, 5.41) is 3.82. The number of benzene rings is 2. The summed E-state index contributed by atoms with van der Waals surface area (Å²) in [7, 11) is 5.87. The van der Waals surface area contributed by atoms with Crippen LogP contribution in [0.3, 0.4) is 0 Å². The molecule has 1 saturated heterocycles. The molecule has 1 heterocycles. The molecule has 1 fully saturated rings. The number of nitrogens with one attached hydrogen (secondary N) is 1. The van der Waals surface area contributed by atoms with Gasteiger partial charge in [0.1, 0.15) is 5.75 Å². The zero-order valence-corrected chi connectivity index (χ0v) is 15.3. The Balaban J connectivity index is 1.81. The fourth-order valence-electron chi connectivity index (χ4n) is 3.75. The molecule has 1 aliphatic rings. The highest BCUT2D eigenvalue weighted by Crippen LogP contribution is 2.44. The van der Waals surface area contributed by atoms with Crippen LogP contribution in [0.1, 0.15) is 43.4 Å². The molecule has 0 aromatic heterocycles. The van der Waals surface area contributed by atoms with Crippen LogP contribution in [0.2, 0.25) is 0 Å². The number of hydrogen-bond acceptors (Lipinski definition) is 3. The fourth-order valence-corrected chi connectivity index (χ4v) is 3.75. The zero-order valence-electron chi connectivity index (χ0n) is 15.3. The second-order valence-corrected chi connectivity index (χ2v) is 7.47. The lowest BCUT2D eigenvalue weighted by Gasteiger charge is -2.28. The minimum Gasteiger partial charge on any atom is -0.497 e. The first-order valence-corrected chi connectivity index (χ1v) is 8.59. The topological polar surface area (TPSA) is 24.5 Å². The minimum atomic E-state index is 0.0736. The van der Waals surface area contributed by atoms with Gasteiger partial charge in [0, 0.05) is 37.3 Å². The highest BCUT2D eigenvalue weighted by Gasteiger charge is 2.41. The van der Waals surface area contributed by atoms with E-state index in [0.29, 0.717) is 12.0 Å². The van der Waals surface area contributed by atoms with E-state index >= 15 is 0 Å². The zero-order chi connectivity index (χ0) is 17.3. The van der Waals surface area contributed by atoms with Crippen molar-refractivity contribution in [2.24, 2.45) is 0 Å². The summed E-state index contributed by atoms with van der Waals surface area (Å²) in [4.78, 5) is 2.14. The maximum atomic E-state index is 5.27. The normalized spacial score (nSPS) is 22.4. The average Bonchev–Trinajstić information content (AvgIpc) is 2.90. The lowest BCUT2D eigenvalue weighted by atomic mass is 9.82. The van der Waals surface area contributed by atoms with Gasteiger partial charge in [-0.1, -0.05) is 24.3 Å². The van der Waals surface area contributed by atoms with Crippen molar-refractivity contribution >= 4 is 5.69 Å². The van der Waals surface area contributed by atoms with Gasteiger partial charge in [0.2, 0.25) is 0 Å².